The van der Waals surface area contributed by atoms with Gasteiger partial charge in [-0.15, -0.1) is 5.10 Å². The number of aryl methyl sites for hydroxylation is 1. The van der Waals surface area contributed by atoms with Crippen molar-refractivity contribution in [1.29, 1.82) is 0 Å². The van der Waals surface area contributed by atoms with E-state index >= 15 is 0 Å². The van der Waals surface area contributed by atoms with Crippen molar-refractivity contribution in [2.24, 2.45) is 0 Å². The quantitative estimate of drug-likeness (QED) is 0.659. The monoisotopic (exact) mass is 429 g/mol. The Bertz CT molecular complexity index is 1140. The van der Waals surface area contributed by atoms with Gasteiger partial charge in [0.2, 0.25) is 0 Å². The zero-order valence-electron chi connectivity index (χ0n) is 17.1. The molecule has 3 aromatic rings. The number of hydrogen-bond donors (Lipinski definition) is 1. The fourth-order valence-corrected chi connectivity index (χ4v) is 4.40. The maximum absolute atomic E-state index is 13.1. The minimum absolute atomic E-state index is 0.261. The Morgan fingerprint density at radius 1 is 1.23 bits per heavy atom. The highest BCUT2D eigenvalue weighted by Gasteiger charge is 2.39. The molecule has 1 aromatic carbocycles. The number of pyridine rings is 1. The number of alkyl halides is 3. The summed E-state index contributed by atoms with van der Waals surface area (Å²) in [4.78, 5) is 6.92. The van der Waals surface area contributed by atoms with Crippen LogP contribution in [-0.2, 0) is 10.9 Å². The summed E-state index contributed by atoms with van der Waals surface area (Å²) >= 11 is 0. The lowest BCUT2D eigenvalue weighted by atomic mass is 10.0. The van der Waals surface area contributed by atoms with Crippen molar-refractivity contribution in [3.8, 4) is 0 Å². The van der Waals surface area contributed by atoms with Gasteiger partial charge in [-0.2, -0.15) is 18.3 Å². The minimum Gasteiger partial charge on any atom is -0.374 e. The predicted octanol–water partition coefficient (Wildman–Crippen LogP) is 4.50. The van der Waals surface area contributed by atoms with Crippen LogP contribution in [-0.4, -0.2) is 40.5 Å². The Morgan fingerprint density at radius 3 is 2.77 bits per heavy atom. The average molecular weight is 429 g/mol. The molecule has 2 fully saturated rings. The van der Waals surface area contributed by atoms with E-state index in [2.05, 4.69) is 25.4 Å². The molecule has 31 heavy (non-hydrogen) atoms. The minimum atomic E-state index is -4.39. The predicted molar refractivity (Wildman–Crippen MR) is 111 cm³/mol. The number of hydrogen-bond acceptors (Lipinski definition) is 6. The highest BCUT2D eigenvalue weighted by molar-refractivity contribution is 5.92. The van der Waals surface area contributed by atoms with Crippen molar-refractivity contribution in [1.82, 2.24) is 15.2 Å². The second-order valence-electron chi connectivity index (χ2n) is 8.21. The Hall–Kier alpha value is -2.94. The maximum atomic E-state index is 13.1. The zero-order chi connectivity index (χ0) is 21.8. The molecule has 2 saturated heterocycles. The van der Waals surface area contributed by atoms with Crippen LogP contribution in [0.2, 0.25) is 0 Å². The van der Waals surface area contributed by atoms with Crippen molar-refractivity contribution in [2.75, 3.05) is 23.4 Å². The van der Waals surface area contributed by atoms with E-state index in [0.29, 0.717) is 29.7 Å². The van der Waals surface area contributed by atoms with Crippen LogP contribution in [0.4, 0.5) is 24.7 Å². The lowest BCUT2D eigenvalue weighted by Gasteiger charge is -2.29. The molecule has 2 aromatic heterocycles. The molecule has 6 nitrogen and oxygen atoms in total. The molecule has 2 aliphatic rings. The Kier molecular flexibility index (Phi) is 4.73. The second-order valence-corrected chi connectivity index (χ2v) is 8.21. The van der Waals surface area contributed by atoms with Gasteiger partial charge < -0.3 is 15.0 Å². The number of nitrogens with zero attached hydrogens (tertiary/aromatic N) is 4. The molecular weight excluding hydrogens is 407 g/mol. The van der Waals surface area contributed by atoms with Gasteiger partial charge in [0.15, 0.2) is 5.82 Å². The topological polar surface area (TPSA) is 63.2 Å². The third-order valence-electron chi connectivity index (χ3n) is 6.07. The number of aromatic nitrogens is 3. The summed E-state index contributed by atoms with van der Waals surface area (Å²) in [6, 6.07) is 7.29. The second kappa shape index (κ2) is 7.33. The summed E-state index contributed by atoms with van der Waals surface area (Å²) in [6.45, 7) is 5.19. The smallest absolute Gasteiger partial charge is 0.374 e. The molecule has 0 radical (unpaired) electrons. The first kappa shape index (κ1) is 20.0. The van der Waals surface area contributed by atoms with Crippen LogP contribution >= 0.6 is 0 Å². The third kappa shape index (κ3) is 3.67. The SMILES string of the molecule is Cc1nnc(N[C@H](C)c2cccc(C(F)(F)F)c2)c2cc(N3CC4CC3CO4)cnc12. The Morgan fingerprint density at radius 2 is 2.06 bits per heavy atom. The van der Waals surface area contributed by atoms with Crippen molar-refractivity contribution in [3.05, 3.63) is 53.3 Å². The summed E-state index contributed by atoms with van der Waals surface area (Å²) < 4.78 is 45.0. The lowest BCUT2D eigenvalue weighted by molar-refractivity contribution is -0.137. The van der Waals surface area contributed by atoms with Gasteiger partial charge in [0.1, 0.15) is 0 Å². The summed E-state index contributed by atoms with van der Waals surface area (Å²) in [5.74, 6) is 0.500. The zero-order valence-corrected chi connectivity index (χ0v) is 17.1. The van der Waals surface area contributed by atoms with E-state index < -0.39 is 17.8 Å². The molecule has 0 saturated carbocycles. The van der Waals surface area contributed by atoms with Crippen molar-refractivity contribution in [3.63, 3.8) is 0 Å². The number of ether oxygens (including phenoxy) is 1. The summed E-state index contributed by atoms with van der Waals surface area (Å²) in [7, 11) is 0. The van der Waals surface area contributed by atoms with Gasteiger partial charge in [-0.1, -0.05) is 12.1 Å². The Labute approximate surface area is 177 Å². The molecule has 0 amide bonds. The van der Waals surface area contributed by atoms with E-state index in [-0.39, 0.29) is 6.10 Å². The summed E-state index contributed by atoms with van der Waals surface area (Å²) in [5.41, 5.74) is 2.26. The van der Waals surface area contributed by atoms with Gasteiger partial charge >= 0.3 is 6.18 Å². The first-order chi connectivity index (χ1) is 14.8. The molecule has 0 spiro atoms. The van der Waals surface area contributed by atoms with Gasteiger partial charge in [-0.05, 0) is 44.0 Å². The molecule has 9 heteroatoms. The molecule has 0 aliphatic carbocycles. The first-order valence-electron chi connectivity index (χ1n) is 10.2. The largest absolute Gasteiger partial charge is 0.416 e. The molecule has 4 heterocycles. The van der Waals surface area contributed by atoms with E-state index in [4.69, 9.17) is 4.74 Å². The van der Waals surface area contributed by atoms with Gasteiger partial charge in [0.25, 0.3) is 0 Å². The van der Waals surface area contributed by atoms with E-state index in [1.54, 1.807) is 13.0 Å². The molecule has 2 unspecified atom stereocenters. The summed E-state index contributed by atoms with van der Waals surface area (Å²) in [6.07, 6.45) is -1.26. The number of morpholine rings is 1. The van der Waals surface area contributed by atoms with Crippen LogP contribution in [0, 0.1) is 6.92 Å². The van der Waals surface area contributed by atoms with E-state index in [1.807, 2.05) is 19.2 Å². The van der Waals surface area contributed by atoms with Crippen LogP contribution in [0.25, 0.3) is 10.9 Å². The molecule has 3 atom stereocenters. The van der Waals surface area contributed by atoms with Crippen LogP contribution in [0.1, 0.15) is 36.2 Å². The molecule has 2 aliphatic heterocycles. The fraction of sp³-hybridized carbons (Fsp3) is 0.409. The number of rotatable bonds is 4. The van der Waals surface area contributed by atoms with Crippen molar-refractivity contribution >= 4 is 22.4 Å². The Balaban J connectivity index is 1.48. The highest BCUT2D eigenvalue weighted by atomic mass is 19.4. The van der Waals surface area contributed by atoms with Crippen LogP contribution in [0.3, 0.4) is 0 Å². The van der Waals surface area contributed by atoms with E-state index in [0.717, 1.165) is 41.7 Å². The normalized spacial score (nSPS) is 21.6. The van der Waals surface area contributed by atoms with Gasteiger partial charge in [-0.3, -0.25) is 4.98 Å². The summed E-state index contributed by atoms with van der Waals surface area (Å²) in [5, 5.41) is 12.5. The van der Waals surface area contributed by atoms with Crippen LogP contribution in [0.15, 0.2) is 36.5 Å². The van der Waals surface area contributed by atoms with E-state index in [1.165, 1.54) is 6.07 Å². The molecule has 162 valence electrons. The standard InChI is InChI=1S/C22H22F3N5O/c1-12(14-4-3-5-15(6-14)22(23,24)25)27-21-19-8-16(9-26-20(19)13(2)28-29-21)30-10-18-7-17(30)11-31-18/h3-6,8-9,12,17-18H,7,10-11H2,1-2H3,(H,27,29)/t12-,17?,18?/m1/s1. The van der Waals surface area contributed by atoms with Crippen molar-refractivity contribution in [2.45, 2.75) is 44.6 Å². The number of anilines is 2. The van der Waals surface area contributed by atoms with Crippen molar-refractivity contribution < 1.29 is 17.9 Å². The average Bonchev–Trinajstić information content (AvgIpc) is 3.39. The molecule has 2 bridgehead atoms. The lowest BCUT2D eigenvalue weighted by Crippen LogP contribution is -2.36. The third-order valence-corrected chi connectivity index (χ3v) is 6.07. The van der Waals surface area contributed by atoms with Gasteiger partial charge in [0, 0.05) is 11.9 Å². The first-order valence-corrected chi connectivity index (χ1v) is 10.2. The molecule has 1 N–H and O–H groups in total. The number of nitrogens with one attached hydrogen (secondary N) is 1. The number of benzene rings is 1. The van der Waals surface area contributed by atoms with Crippen LogP contribution < -0.4 is 10.2 Å². The van der Waals surface area contributed by atoms with Gasteiger partial charge in [-0.25, -0.2) is 0 Å². The fourth-order valence-electron chi connectivity index (χ4n) is 4.40. The molecular formula is C22H22F3N5O. The highest BCUT2D eigenvalue weighted by Crippen LogP contribution is 2.36. The van der Waals surface area contributed by atoms with E-state index in [9.17, 15) is 13.2 Å². The van der Waals surface area contributed by atoms with Crippen LogP contribution in [0.5, 0.6) is 0 Å². The number of halogens is 3. The molecule has 5 rings (SSSR count). The number of fused-ring (bicyclic) bond motifs is 3. The van der Waals surface area contributed by atoms with Gasteiger partial charge in [0.05, 0.1) is 53.5 Å². The maximum Gasteiger partial charge on any atom is 0.416 e.